The SMILES string of the molecule is Cc1ccc(Cl)cc1N=C1NC(=O)/C(=C/c2ccc(OCc3ccccc3Cl)cc2)S1. The molecule has 4 rings (SSSR count). The fourth-order valence-electron chi connectivity index (χ4n) is 2.88. The van der Waals surface area contributed by atoms with E-state index in [9.17, 15) is 4.79 Å². The molecule has 0 unspecified atom stereocenters. The number of thioether (sulfide) groups is 1. The Morgan fingerprint density at radius 3 is 2.61 bits per heavy atom. The van der Waals surface area contributed by atoms with Crippen LogP contribution in [0.5, 0.6) is 5.75 Å². The highest BCUT2D eigenvalue weighted by atomic mass is 35.5. The Morgan fingerprint density at radius 2 is 1.84 bits per heavy atom. The molecule has 0 bridgehead atoms. The van der Waals surface area contributed by atoms with Gasteiger partial charge in [0.05, 0.1) is 10.6 Å². The lowest BCUT2D eigenvalue weighted by molar-refractivity contribution is -0.115. The molecular weight excluding hydrogens is 451 g/mol. The van der Waals surface area contributed by atoms with Crippen molar-refractivity contribution in [2.24, 2.45) is 4.99 Å². The highest BCUT2D eigenvalue weighted by Crippen LogP contribution is 2.30. The van der Waals surface area contributed by atoms with E-state index in [4.69, 9.17) is 27.9 Å². The molecule has 0 saturated carbocycles. The highest BCUT2D eigenvalue weighted by Gasteiger charge is 2.24. The van der Waals surface area contributed by atoms with Gasteiger partial charge in [-0.3, -0.25) is 4.79 Å². The number of amidine groups is 1. The molecule has 3 aromatic carbocycles. The van der Waals surface area contributed by atoms with E-state index in [-0.39, 0.29) is 5.91 Å². The van der Waals surface area contributed by atoms with Crippen LogP contribution >= 0.6 is 35.0 Å². The summed E-state index contributed by atoms with van der Waals surface area (Å²) < 4.78 is 5.80. The fraction of sp³-hybridized carbons (Fsp3) is 0.0833. The molecule has 3 aromatic rings. The lowest BCUT2D eigenvalue weighted by atomic mass is 10.2. The largest absolute Gasteiger partial charge is 0.489 e. The van der Waals surface area contributed by atoms with Crippen molar-refractivity contribution in [3.8, 4) is 5.75 Å². The second-order valence-electron chi connectivity index (χ2n) is 6.86. The Labute approximate surface area is 194 Å². The van der Waals surface area contributed by atoms with E-state index < -0.39 is 0 Å². The molecule has 0 radical (unpaired) electrons. The van der Waals surface area contributed by atoms with Gasteiger partial charge < -0.3 is 10.1 Å². The van der Waals surface area contributed by atoms with Gasteiger partial charge in [-0.15, -0.1) is 0 Å². The third kappa shape index (κ3) is 5.50. The molecule has 156 valence electrons. The minimum Gasteiger partial charge on any atom is -0.489 e. The number of carbonyl (C=O) groups excluding carboxylic acids is 1. The maximum atomic E-state index is 12.3. The van der Waals surface area contributed by atoms with Crippen molar-refractivity contribution in [3.63, 3.8) is 0 Å². The van der Waals surface area contributed by atoms with E-state index in [1.807, 2.05) is 73.7 Å². The number of aliphatic imine (C=N–C) groups is 1. The predicted octanol–water partition coefficient (Wildman–Crippen LogP) is 6.77. The average Bonchev–Trinajstić information content (AvgIpc) is 3.10. The molecule has 1 amide bonds. The van der Waals surface area contributed by atoms with Crippen molar-refractivity contribution in [1.82, 2.24) is 5.32 Å². The smallest absolute Gasteiger partial charge is 0.264 e. The van der Waals surface area contributed by atoms with Crippen LogP contribution in [-0.2, 0) is 11.4 Å². The summed E-state index contributed by atoms with van der Waals surface area (Å²) in [5, 5.41) is 4.61. The molecule has 1 N–H and O–H groups in total. The van der Waals surface area contributed by atoms with Gasteiger partial charge >= 0.3 is 0 Å². The number of nitrogens with one attached hydrogen (secondary N) is 1. The first-order valence-corrected chi connectivity index (χ1v) is 11.1. The van der Waals surface area contributed by atoms with E-state index in [1.165, 1.54) is 11.8 Å². The normalized spacial score (nSPS) is 16.0. The summed E-state index contributed by atoms with van der Waals surface area (Å²) >= 11 is 13.5. The average molecular weight is 469 g/mol. The molecule has 0 spiro atoms. The minimum atomic E-state index is -0.178. The summed E-state index contributed by atoms with van der Waals surface area (Å²) in [5.74, 6) is 0.548. The second kappa shape index (κ2) is 9.60. The van der Waals surface area contributed by atoms with E-state index in [0.717, 1.165) is 28.1 Å². The fourth-order valence-corrected chi connectivity index (χ4v) is 4.07. The van der Waals surface area contributed by atoms with Gasteiger partial charge in [-0.25, -0.2) is 4.99 Å². The zero-order chi connectivity index (χ0) is 21.8. The first-order valence-electron chi connectivity index (χ1n) is 9.50. The van der Waals surface area contributed by atoms with E-state index >= 15 is 0 Å². The van der Waals surface area contributed by atoms with Crippen molar-refractivity contribution >= 4 is 57.8 Å². The number of benzene rings is 3. The van der Waals surface area contributed by atoms with Gasteiger partial charge in [-0.1, -0.05) is 59.6 Å². The number of carbonyl (C=O) groups is 1. The van der Waals surface area contributed by atoms with Crippen LogP contribution in [0.25, 0.3) is 6.08 Å². The van der Waals surface area contributed by atoms with Gasteiger partial charge in [0.15, 0.2) is 5.17 Å². The number of hydrogen-bond donors (Lipinski definition) is 1. The molecule has 7 heteroatoms. The maximum Gasteiger partial charge on any atom is 0.264 e. The predicted molar refractivity (Wildman–Crippen MR) is 129 cm³/mol. The number of hydrogen-bond acceptors (Lipinski definition) is 4. The first-order chi connectivity index (χ1) is 15.0. The molecule has 1 aliphatic heterocycles. The van der Waals surface area contributed by atoms with Crippen LogP contribution in [0.4, 0.5) is 5.69 Å². The summed E-state index contributed by atoms with van der Waals surface area (Å²) in [7, 11) is 0. The topological polar surface area (TPSA) is 50.7 Å². The number of ether oxygens (including phenoxy) is 1. The Hall–Kier alpha value is -2.73. The highest BCUT2D eigenvalue weighted by molar-refractivity contribution is 8.18. The van der Waals surface area contributed by atoms with Crippen LogP contribution in [0, 0.1) is 6.92 Å². The molecule has 0 atom stereocenters. The zero-order valence-electron chi connectivity index (χ0n) is 16.6. The summed E-state index contributed by atoms with van der Waals surface area (Å²) in [4.78, 5) is 17.4. The molecule has 0 aliphatic carbocycles. The Bertz CT molecular complexity index is 1190. The van der Waals surface area contributed by atoms with Gasteiger partial charge in [-0.2, -0.15) is 0 Å². The number of halogens is 2. The van der Waals surface area contributed by atoms with Gasteiger partial charge in [0.2, 0.25) is 0 Å². The summed E-state index contributed by atoms with van der Waals surface area (Å²) in [5.41, 5.74) is 3.53. The van der Waals surface area contributed by atoms with Crippen LogP contribution in [0.2, 0.25) is 10.0 Å². The lowest BCUT2D eigenvalue weighted by Gasteiger charge is -2.08. The summed E-state index contributed by atoms with van der Waals surface area (Å²) in [6.45, 7) is 2.34. The number of amides is 1. The molecule has 1 fully saturated rings. The van der Waals surface area contributed by atoms with E-state index in [0.29, 0.717) is 26.7 Å². The van der Waals surface area contributed by atoms with Crippen molar-refractivity contribution < 1.29 is 9.53 Å². The van der Waals surface area contributed by atoms with Crippen LogP contribution in [0.1, 0.15) is 16.7 Å². The van der Waals surface area contributed by atoms with Gasteiger partial charge in [0.1, 0.15) is 12.4 Å². The molecule has 0 aromatic heterocycles. The van der Waals surface area contributed by atoms with Gasteiger partial charge in [0, 0.05) is 15.6 Å². The lowest BCUT2D eigenvalue weighted by Crippen LogP contribution is -2.19. The molecule has 31 heavy (non-hydrogen) atoms. The number of nitrogens with zero attached hydrogens (tertiary/aromatic N) is 1. The van der Waals surface area contributed by atoms with Crippen molar-refractivity contribution in [3.05, 3.63) is 98.4 Å². The number of aryl methyl sites for hydroxylation is 1. The molecule has 4 nitrogen and oxygen atoms in total. The second-order valence-corrected chi connectivity index (χ2v) is 8.74. The molecule has 1 aliphatic rings. The number of rotatable bonds is 5. The van der Waals surface area contributed by atoms with Crippen molar-refractivity contribution in [2.45, 2.75) is 13.5 Å². The minimum absolute atomic E-state index is 0.178. The monoisotopic (exact) mass is 468 g/mol. The van der Waals surface area contributed by atoms with Crippen molar-refractivity contribution in [1.29, 1.82) is 0 Å². The van der Waals surface area contributed by atoms with Crippen molar-refractivity contribution in [2.75, 3.05) is 0 Å². The molecular formula is C24H18Cl2N2O2S. The third-order valence-corrected chi connectivity index (χ3v) is 6.09. The zero-order valence-corrected chi connectivity index (χ0v) is 18.9. The van der Waals surface area contributed by atoms with Crippen LogP contribution < -0.4 is 10.1 Å². The maximum absolute atomic E-state index is 12.3. The standard InChI is InChI=1S/C24H18Cl2N2O2S/c1-15-6-9-18(25)13-21(15)27-24-28-23(29)22(31-24)12-16-7-10-19(11-8-16)30-14-17-4-2-3-5-20(17)26/h2-13H,14H2,1H3,(H,27,28,29)/b22-12-. The van der Waals surface area contributed by atoms with Crippen LogP contribution in [-0.4, -0.2) is 11.1 Å². The van der Waals surface area contributed by atoms with E-state index in [1.54, 1.807) is 6.07 Å². The Balaban J connectivity index is 1.43. The quantitative estimate of drug-likeness (QED) is 0.420. The first kappa shape index (κ1) is 21.5. The van der Waals surface area contributed by atoms with E-state index in [2.05, 4.69) is 10.3 Å². The van der Waals surface area contributed by atoms with Crippen LogP contribution in [0.15, 0.2) is 76.6 Å². The van der Waals surface area contributed by atoms with Gasteiger partial charge in [-0.05, 0) is 66.2 Å². The van der Waals surface area contributed by atoms with Crippen LogP contribution in [0.3, 0.4) is 0 Å². The Kier molecular flexibility index (Phi) is 6.66. The molecule has 1 saturated heterocycles. The summed E-state index contributed by atoms with van der Waals surface area (Å²) in [6, 6.07) is 20.6. The van der Waals surface area contributed by atoms with Gasteiger partial charge in [0.25, 0.3) is 5.91 Å². The Morgan fingerprint density at radius 1 is 1.06 bits per heavy atom. The third-order valence-electron chi connectivity index (χ3n) is 4.57. The molecule has 1 heterocycles. The summed E-state index contributed by atoms with van der Waals surface area (Å²) in [6.07, 6.45) is 1.82.